The SMILES string of the molecule is COCC1OC(n2cc(C)c(=O)n(CCCCCNC(=O)C3CCC[N+]3(C)C)c2=O)CC1OP(O)OC. The summed E-state index contributed by atoms with van der Waals surface area (Å²) in [5, 5.41) is 3.04. The number of rotatable bonds is 13. The normalized spacial score (nSPS) is 25.9. The number of nitrogens with zero attached hydrogens (tertiary/aromatic N) is 3. The summed E-state index contributed by atoms with van der Waals surface area (Å²) in [4.78, 5) is 48.3. The summed E-state index contributed by atoms with van der Waals surface area (Å²) in [6.07, 6.45) is 4.26. The maximum absolute atomic E-state index is 13.2. The van der Waals surface area contributed by atoms with Crippen molar-refractivity contribution in [2.45, 2.75) is 76.5 Å². The van der Waals surface area contributed by atoms with Crippen molar-refractivity contribution in [3.63, 3.8) is 0 Å². The molecule has 37 heavy (non-hydrogen) atoms. The molecule has 2 aliphatic heterocycles. The van der Waals surface area contributed by atoms with Crippen LogP contribution in [0.25, 0.3) is 0 Å². The van der Waals surface area contributed by atoms with Gasteiger partial charge in [0, 0.05) is 58.3 Å². The maximum Gasteiger partial charge on any atom is 0.333 e. The van der Waals surface area contributed by atoms with Crippen molar-refractivity contribution >= 4 is 14.5 Å². The Hall–Kier alpha value is -1.66. The second-order valence-corrected chi connectivity index (χ2v) is 11.4. The fraction of sp³-hybridized carbons (Fsp3) is 0.792. The van der Waals surface area contributed by atoms with Gasteiger partial charge in [0.15, 0.2) is 6.04 Å². The Kier molecular flexibility index (Phi) is 10.8. The number of carbonyl (C=O) groups is 1. The Balaban J connectivity index is 1.57. The van der Waals surface area contributed by atoms with Crippen molar-refractivity contribution in [3.05, 3.63) is 32.6 Å². The summed E-state index contributed by atoms with van der Waals surface area (Å²) in [5.74, 6) is 0.102. The largest absolute Gasteiger partial charge is 0.382 e. The van der Waals surface area contributed by atoms with E-state index in [-0.39, 0.29) is 30.7 Å². The standard InChI is InChI=1S/C24H41N4O8P/c1-17-15-27(21-14-19(36-37(32)34-5)20(35-21)16-33-4)24(31)26(23(17)30)12-8-6-7-11-25-22(29)18-10-9-13-28(18,2)3/h15,18-21,32H,6-14,16H2,1-5H3/p+1. The van der Waals surface area contributed by atoms with Crippen molar-refractivity contribution in [3.8, 4) is 0 Å². The molecule has 210 valence electrons. The number of nitrogens with one attached hydrogen (secondary N) is 1. The number of aryl methyl sites for hydroxylation is 1. The third kappa shape index (κ3) is 7.47. The molecule has 3 heterocycles. The van der Waals surface area contributed by atoms with Crippen LogP contribution in [0.4, 0.5) is 0 Å². The molecule has 1 aromatic rings. The molecule has 2 aliphatic rings. The molecule has 1 aromatic heterocycles. The third-order valence-electron chi connectivity index (χ3n) is 7.29. The van der Waals surface area contributed by atoms with Crippen LogP contribution in [0, 0.1) is 6.92 Å². The highest BCUT2D eigenvalue weighted by molar-refractivity contribution is 7.40. The summed E-state index contributed by atoms with van der Waals surface area (Å²) in [5.41, 5.74) is -0.347. The van der Waals surface area contributed by atoms with Crippen molar-refractivity contribution in [1.82, 2.24) is 14.5 Å². The topological polar surface area (TPSA) is 130 Å². The van der Waals surface area contributed by atoms with E-state index >= 15 is 0 Å². The Morgan fingerprint density at radius 2 is 2.03 bits per heavy atom. The minimum absolute atomic E-state index is 0.00878. The van der Waals surface area contributed by atoms with E-state index in [1.807, 2.05) is 0 Å². The fourth-order valence-corrected chi connectivity index (χ4v) is 5.70. The number of carbonyl (C=O) groups excluding carboxylic acids is 1. The lowest BCUT2D eigenvalue weighted by molar-refractivity contribution is -0.893. The van der Waals surface area contributed by atoms with Crippen LogP contribution in [0.2, 0.25) is 0 Å². The molecular weight excluding hydrogens is 503 g/mol. The van der Waals surface area contributed by atoms with E-state index in [1.165, 1.54) is 29.6 Å². The number of ether oxygens (including phenoxy) is 2. The highest BCUT2D eigenvalue weighted by atomic mass is 31.2. The average Bonchev–Trinajstić information content (AvgIpc) is 3.42. The van der Waals surface area contributed by atoms with Crippen LogP contribution in [-0.2, 0) is 29.9 Å². The van der Waals surface area contributed by atoms with Crippen LogP contribution in [0.3, 0.4) is 0 Å². The first kappa shape index (κ1) is 29.9. The van der Waals surface area contributed by atoms with Crippen LogP contribution < -0.4 is 16.6 Å². The lowest BCUT2D eigenvalue weighted by atomic mass is 10.2. The number of likely N-dealkylation sites (tertiary alicyclic amines) is 1. The minimum Gasteiger partial charge on any atom is -0.382 e. The number of quaternary nitrogens is 1. The predicted molar refractivity (Wildman–Crippen MR) is 138 cm³/mol. The molecule has 3 rings (SSSR count). The van der Waals surface area contributed by atoms with Crippen LogP contribution in [-0.4, -0.2) is 90.7 Å². The van der Waals surface area contributed by atoms with Crippen LogP contribution in [0.1, 0.15) is 50.3 Å². The van der Waals surface area contributed by atoms with Gasteiger partial charge >= 0.3 is 14.3 Å². The first-order chi connectivity index (χ1) is 17.6. The minimum atomic E-state index is -2.07. The van der Waals surface area contributed by atoms with E-state index in [0.29, 0.717) is 24.9 Å². The van der Waals surface area contributed by atoms with Gasteiger partial charge in [-0.15, -0.1) is 0 Å². The molecule has 5 unspecified atom stereocenters. The average molecular weight is 546 g/mol. The number of amides is 1. The molecular formula is C24H42N4O8P+. The second kappa shape index (κ2) is 13.4. The van der Waals surface area contributed by atoms with Gasteiger partial charge < -0.3 is 33.2 Å². The van der Waals surface area contributed by atoms with Crippen molar-refractivity contribution in [2.75, 3.05) is 48.0 Å². The zero-order chi connectivity index (χ0) is 27.2. The third-order valence-corrected chi connectivity index (χ3v) is 8.05. The zero-order valence-electron chi connectivity index (χ0n) is 22.6. The molecule has 2 N–H and O–H groups in total. The molecule has 2 fully saturated rings. The van der Waals surface area contributed by atoms with E-state index in [9.17, 15) is 19.3 Å². The van der Waals surface area contributed by atoms with Gasteiger partial charge in [0.2, 0.25) is 0 Å². The Labute approximate surface area is 219 Å². The quantitative estimate of drug-likeness (QED) is 0.214. The Morgan fingerprint density at radius 1 is 1.27 bits per heavy atom. The van der Waals surface area contributed by atoms with E-state index in [2.05, 4.69) is 19.4 Å². The number of aromatic nitrogens is 2. The smallest absolute Gasteiger partial charge is 0.333 e. The van der Waals surface area contributed by atoms with Crippen LogP contribution >= 0.6 is 8.60 Å². The van der Waals surface area contributed by atoms with Crippen molar-refractivity contribution in [1.29, 1.82) is 0 Å². The number of methoxy groups -OCH3 is 1. The predicted octanol–water partition coefficient (Wildman–Crippen LogP) is 1.03. The fourth-order valence-electron chi connectivity index (χ4n) is 5.16. The van der Waals surface area contributed by atoms with Gasteiger partial charge in [-0.25, -0.2) is 4.79 Å². The van der Waals surface area contributed by atoms with Gasteiger partial charge in [-0.1, -0.05) is 0 Å². The Bertz CT molecular complexity index is 1030. The lowest BCUT2D eigenvalue weighted by Gasteiger charge is -2.30. The van der Waals surface area contributed by atoms with Crippen LogP contribution in [0.15, 0.2) is 15.8 Å². The maximum atomic E-state index is 13.2. The summed E-state index contributed by atoms with van der Waals surface area (Å²) < 4.78 is 25.0. The molecule has 0 aliphatic carbocycles. The van der Waals surface area contributed by atoms with E-state index in [0.717, 1.165) is 36.7 Å². The molecule has 1 amide bonds. The van der Waals surface area contributed by atoms with Gasteiger partial charge in [-0.2, -0.15) is 0 Å². The van der Waals surface area contributed by atoms with E-state index in [4.69, 9.17) is 18.5 Å². The number of likely N-dealkylation sites (N-methyl/N-ethyl adjacent to an activating group) is 1. The summed E-state index contributed by atoms with van der Waals surface area (Å²) >= 11 is 0. The molecule has 5 atom stereocenters. The Morgan fingerprint density at radius 3 is 2.68 bits per heavy atom. The van der Waals surface area contributed by atoms with Crippen molar-refractivity contribution < 1.29 is 32.7 Å². The van der Waals surface area contributed by atoms with Crippen molar-refractivity contribution in [2.24, 2.45) is 0 Å². The molecule has 2 saturated heterocycles. The summed E-state index contributed by atoms with van der Waals surface area (Å²) in [6, 6.07) is 0.00878. The van der Waals surface area contributed by atoms with Gasteiger partial charge in [0.1, 0.15) is 12.3 Å². The highest BCUT2D eigenvalue weighted by Crippen LogP contribution is 2.40. The molecule has 0 radical (unpaired) electrons. The molecule has 13 heteroatoms. The summed E-state index contributed by atoms with van der Waals surface area (Å²) in [6.45, 7) is 3.76. The molecule has 0 saturated carbocycles. The van der Waals surface area contributed by atoms with Crippen LogP contribution in [0.5, 0.6) is 0 Å². The number of hydrogen-bond donors (Lipinski definition) is 2. The number of unbranched alkanes of at least 4 members (excludes halogenated alkanes) is 2. The van der Waals surface area contributed by atoms with Gasteiger partial charge in [0.05, 0.1) is 33.4 Å². The monoisotopic (exact) mass is 545 g/mol. The first-order valence-electron chi connectivity index (χ1n) is 12.9. The highest BCUT2D eigenvalue weighted by Gasteiger charge is 2.40. The lowest BCUT2D eigenvalue weighted by Crippen LogP contribution is -2.52. The molecule has 0 bridgehead atoms. The molecule has 12 nitrogen and oxygen atoms in total. The summed E-state index contributed by atoms with van der Waals surface area (Å²) in [7, 11) is 4.99. The molecule has 0 spiro atoms. The number of hydrogen-bond acceptors (Lipinski definition) is 8. The van der Waals surface area contributed by atoms with Gasteiger partial charge in [-0.05, 0) is 26.2 Å². The zero-order valence-corrected chi connectivity index (χ0v) is 23.4. The first-order valence-corrected chi connectivity index (χ1v) is 14.0. The second-order valence-electron chi connectivity index (χ2n) is 10.4. The van der Waals surface area contributed by atoms with E-state index < -0.39 is 32.7 Å². The molecule has 0 aromatic carbocycles. The van der Waals surface area contributed by atoms with E-state index in [1.54, 1.807) is 6.92 Å². The van der Waals surface area contributed by atoms with Gasteiger partial charge in [-0.3, -0.25) is 18.7 Å². The van der Waals surface area contributed by atoms with Gasteiger partial charge in [0.25, 0.3) is 11.5 Å².